The standard InChI is InChI=1S/C19H31N/c1-19(2,3)17-13-7-8-14-18(17)20-15-9-12-16-10-5-4-6-11-16/h4-6,10-11,17-18,20H,7-9,12-15H2,1-3H3. The van der Waals surface area contributed by atoms with Crippen LogP contribution in [-0.4, -0.2) is 12.6 Å². The maximum atomic E-state index is 3.85. The molecule has 1 heteroatoms. The summed E-state index contributed by atoms with van der Waals surface area (Å²) in [4.78, 5) is 0. The molecule has 0 bridgehead atoms. The average molecular weight is 273 g/mol. The third-order valence-electron chi connectivity index (χ3n) is 4.77. The normalized spacial score (nSPS) is 23.8. The molecule has 0 amide bonds. The van der Waals surface area contributed by atoms with Crippen LogP contribution in [0, 0.1) is 11.3 Å². The lowest BCUT2D eigenvalue weighted by Gasteiger charge is -2.41. The summed E-state index contributed by atoms with van der Waals surface area (Å²) in [5.41, 5.74) is 1.91. The third kappa shape index (κ3) is 4.63. The highest BCUT2D eigenvalue weighted by atomic mass is 14.9. The zero-order chi connectivity index (χ0) is 14.4. The molecular weight excluding hydrogens is 242 g/mol. The molecule has 0 spiro atoms. The van der Waals surface area contributed by atoms with Crippen molar-refractivity contribution in [3.63, 3.8) is 0 Å². The quantitative estimate of drug-likeness (QED) is 0.759. The van der Waals surface area contributed by atoms with Gasteiger partial charge in [-0.05, 0) is 49.1 Å². The summed E-state index contributed by atoms with van der Waals surface area (Å²) in [6.07, 6.45) is 8.04. The lowest BCUT2D eigenvalue weighted by Crippen LogP contribution is -2.44. The summed E-state index contributed by atoms with van der Waals surface area (Å²) in [7, 11) is 0. The van der Waals surface area contributed by atoms with Crippen LogP contribution >= 0.6 is 0 Å². The Morgan fingerprint density at radius 1 is 1.05 bits per heavy atom. The molecule has 0 saturated heterocycles. The van der Waals surface area contributed by atoms with E-state index in [1.165, 1.54) is 44.1 Å². The Hall–Kier alpha value is -0.820. The van der Waals surface area contributed by atoms with Gasteiger partial charge in [-0.15, -0.1) is 0 Å². The van der Waals surface area contributed by atoms with Crippen LogP contribution in [0.2, 0.25) is 0 Å². The third-order valence-corrected chi connectivity index (χ3v) is 4.77. The van der Waals surface area contributed by atoms with Gasteiger partial charge in [0.1, 0.15) is 0 Å². The lowest BCUT2D eigenvalue weighted by molar-refractivity contribution is 0.131. The number of benzene rings is 1. The number of hydrogen-bond acceptors (Lipinski definition) is 1. The van der Waals surface area contributed by atoms with Crippen LogP contribution in [0.25, 0.3) is 0 Å². The molecule has 1 aromatic rings. The van der Waals surface area contributed by atoms with E-state index in [0.29, 0.717) is 5.41 Å². The molecule has 1 saturated carbocycles. The topological polar surface area (TPSA) is 12.0 Å². The molecule has 1 fully saturated rings. The molecule has 0 heterocycles. The molecule has 1 aliphatic carbocycles. The molecule has 1 aromatic carbocycles. The van der Waals surface area contributed by atoms with Crippen molar-refractivity contribution in [3.8, 4) is 0 Å². The molecule has 0 aliphatic heterocycles. The van der Waals surface area contributed by atoms with Gasteiger partial charge < -0.3 is 5.32 Å². The summed E-state index contributed by atoms with van der Waals surface area (Å²) >= 11 is 0. The van der Waals surface area contributed by atoms with E-state index in [9.17, 15) is 0 Å². The molecule has 0 aromatic heterocycles. The van der Waals surface area contributed by atoms with Crippen molar-refractivity contribution in [1.82, 2.24) is 5.32 Å². The predicted molar refractivity (Wildman–Crippen MR) is 88.0 cm³/mol. The van der Waals surface area contributed by atoms with Gasteiger partial charge in [-0.3, -0.25) is 0 Å². The van der Waals surface area contributed by atoms with Crippen LogP contribution in [-0.2, 0) is 6.42 Å². The number of nitrogens with one attached hydrogen (secondary N) is 1. The van der Waals surface area contributed by atoms with Crippen LogP contribution in [0.1, 0.15) is 58.4 Å². The Balaban J connectivity index is 1.74. The Morgan fingerprint density at radius 2 is 1.75 bits per heavy atom. The smallest absolute Gasteiger partial charge is 0.0100 e. The molecule has 2 atom stereocenters. The highest BCUT2D eigenvalue weighted by molar-refractivity contribution is 5.14. The van der Waals surface area contributed by atoms with Crippen LogP contribution in [0.15, 0.2) is 30.3 Å². The fourth-order valence-electron chi connectivity index (χ4n) is 3.64. The Morgan fingerprint density at radius 3 is 2.45 bits per heavy atom. The minimum absolute atomic E-state index is 0.442. The number of hydrogen-bond donors (Lipinski definition) is 1. The van der Waals surface area contributed by atoms with Crippen molar-refractivity contribution in [2.24, 2.45) is 11.3 Å². The molecule has 1 aliphatic rings. The van der Waals surface area contributed by atoms with Crippen molar-refractivity contribution >= 4 is 0 Å². The maximum absolute atomic E-state index is 3.85. The summed E-state index contributed by atoms with van der Waals surface area (Å²) < 4.78 is 0. The van der Waals surface area contributed by atoms with Gasteiger partial charge in [-0.2, -0.15) is 0 Å². The molecule has 1 N–H and O–H groups in total. The first-order valence-electron chi connectivity index (χ1n) is 8.34. The van der Waals surface area contributed by atoms with Gasteiger partial charge in [0.15, 0.2) is 0 Å². The van der Waals surface area contributed by atoms with Gasteiger partial charge >= 0.3 is 0 Å². The van der Waals surface area contributed by atoms with E-state index in [1.54, 1.807) is 0 Å². The Labute approximate surface area is 125 Å². The lowest BCUT2D eigenvalue weighted by atomic mass is 9.69. The average Bonchev–Trinajstić information content (AvgIpc) is 2.44. The maximum Gasteiger partial charge on any atom is 0.0100 e. The highest BCUT2D eigenvalue weighted by Gasteiger charge is 2.33. The van der Waals surface area contributed by atoms with Crippen LogP contribution in [0.3, 0.4) is 0 Å². The van der Waals surface area contributed by atoms with E-state index in [2.05, 4.69) is 56.4 Å². The minimum Gasteiger partial charge on any atom is -0.314 e. The molecule has 112 valence electrons. The van der Waals surface area contributed by atoms with Gasteiger partial charge in [0.25, 0.3) is 0 Å². The first kappa shape index (κ1) is 15.6. The summed E-state index contributed by atoms with van der Waals surface area (Å²) in [6.45, 7) is 8.37. The number of aryl methyl sites for hydroxylation is 1. The minimum atomic E-state index is 0.442. The zero-order valence-electron chi connectivity index (χ0n) is 13.5. The number of rotatable bonds is 5. The largest absolute Gasteiger partial charge is 0.314 e. The van der Waals surface area contributed by atoms with E-state index >= 15 is 0 Å². The van der Waals surface area contributed by atoms with Crippen molar-refractivity contribution in [3.05, 3.63) is 35.9 Å². The monoisotopic (exact) mass is 273 g/mol. The van der Waals surface area contributed by atoms with E-state index in [0.717, 1.165) is 18.5 Å². The second-order valence-electron chi connectivity index (χ2n) is 7.41. The molecular formula is C19H31N. The molecule has 2 unspecified atom stereocenters. The predicted octanol–water partition coefficient (Wildman–Crippen LogP) is 4.81. The first-order valence-corrected chi connectivity index (χ1v) is 8.34. The molecule has 20 heavy (non-hydrogen) atoms. The van der Waals surface area contributed by atoms with Crippen LogP contribution in [0.5, 0.6) is 0 Å². The molecule has 0 radical (unpaired) electrons. The summed E-state index contributed by atoms with van der Waals surface area (Å²) in [5.74, 6) is 0.841. The molecule has 1 nitrogen and oxygen atoms in total. The van der Waals surface area contributed by atoms with Gasteiger partial charge in [0.05, 0.1) is 0 Å². The van der Waals surface area contributed by atoms with Crippen LogP contribution in [0.4, 0.5) is 0 Å². The van der Waals surface area contributed by atoms with Crippen molar-refractivity contribution in [2.75, 3.05) is 6.54 Å². The van der Waals surface area contributed by atoms with Crippen molar-refractivity contribution < 1.29 is 0 Å². The van der Waals surface area contributed by atoms with Crippen LogP contribution < -0.4 is 5.32 Å². The SMILES string of the molecule is CC(C)(C)C1CCCCC1NCCCc1ccccc1. The van der Waals surface area contributed by atoms with Crippen molar-refractivity contribution in [2.45, 2.75) is 65.3 Å². The second-order valence-corrected chi connectivity index (χ2v) is 7.41. The zero-order valence-corrected chi connectivity index (χ0v) is 13.5. The Bertz CT molecular complexity index is 377. The van der Waals surface area contributed by atoms with E-state index in [-0.39, 0.29) is 0 Å². The summed E-state index contributed by atoms with van der Waals surface area (Å²) in [6, 6.07) is 11.6. The van der Waals surface area contributed by atoms with E-state index in [4.69, 9.17) is 0 Å². The first-order chi connectivity index (χ1) is 9.57. The summed E-state index contributed by atoms with van der Waals surface area (Å²) in [5, 5.41) is 3.85. The van der Waals surface area contributed by atoms with Gasteiger partial charge in [0.2, 0.25) is 0 Å². The Kier molecular flexibility index (Phi) is 5.65. The van der Waals surface area contributed by atoms with E-state index < -0.39 is 0 Å². The highest BCUT2D eigenvalue weighted by Crippen LogP contribution is 2.37. The molecule has 2 rings (SSSR count). The van der Waals surface area contributed by atoms with Gasteiger partial charge in [-0.25, -0.2) is 0 Å². The van der Waals surface area contributed by atoms with Crippen molar-refractivity contribution in [1.29, 1.82) is 0 Å². The second kappa shape index (κ2) is 7.26. The van der Waals surface area contributed by atoms with Gasteiger partial charge in [0, 0.05) is 6.04 Å². The fraction of sp³-hybridized carbons (Fsp3) is 0.684. The fourth-order valence-corrected chi connectivity index (χ4v) is 3.64. The van der Waals surface area contributed by atoms with Gasteiger partial charge in [-0.1, -0.05) is 63.9 Å². The van der Waals surface area contributed by atoms with E-state index in [1.807, 2.05) is 0 Å².